The van der Waals surface area contributed by atoms with Crippen molar-refractivity contribution in [3.8, 4) is 17.1 Å². The molecule has 0 spiro atoms. The number of benzene rings is 3. The number of hydrogen-bond acceptors (Lipinski definition) is 2. The number of hydrogen-bond donors (Lipinski definition) is 0. The monoisotopic (exact) mass is 439 g/mol. The molecule has 0 N–H and O–H groups in total. The summed E-state index contributed by atoms with van der Waals surface area (Å²) in [6.07, 6.45) is 1.88. The number of rotatable bonds is 3. The molecule has 5 rings (SSSR count). The van der Waals surface area contributed by atoms with Crippen molar-refractivity contribution in [1.82, 2.24) is 9.55 Å². The molecule has 1 aromatic heterocycles. The smallest absolute Gasteiger partial charge is 0.145 e. The summed E-state index contributed by atoms with van der Waals surface area (Å²) in [5.74, 6) is 0.876. The SMILES string of the molecule is C=CC1=c2c(=C)nc(-c3ccccc3)n2-c2ccc(Br)cc2N1c1ccccc1. The van der Waals surface area contributed by atoms with Gasteiger partial charge in [0, 0.05) is 15.7 Å². The van der Waals surface area contributed by atoms with Crippen molar-refractivity contribution in [2.45, 2.75) is 0 Å². The summed E-state index contributed by atoms with van der Waals surface area (Å²) >= 11 is 3.64. The predicted octanol–water partition coefficient (Wildman–Crippen LogP) is 5.16. The highest BCUT2D eigenvalue weighted by atomic mass is 79.9. The number of halogens is 1. The third-order valence-corrected chi connectivity index (χ3v) is 5.59. The molecule has 0 atom stereocenters. The molecule has 2 heterocycles. The molecule has 0 saturated heterocycles. The largest absolute Gasteiger partial charge is 0.306 e. The van der Waals surface area contributed by atoms with E-state index in [1.165, 1.54) is 0 Å². The maximum atomic E-state index is 4.85. The van der Waals surface area contributed by atoms with Crippen LogP contribution in [0.15, 0.2) is 96.0 Å². The maximum Gasteiger partial charge on any atom is 0.145 e. The summed E-state index contributed by atoms with van der Waals surface area (Å²) in [7, 11) is 0. The minimum absolute atomic E-state index is 0.730. The molecular formula is C25H18BrN3. The highest BCUT2D eigenvalue weighted by Crippen LogP contribution is 2.39. The van der Waals surface area contributed by atoms with Crippen molar-refractivity contribution >= 4 is 39.6 Å². The molecule has 29 heavy (non-hydrogen) atoms. The van der Waals surface area contributed by atoms with Crippen molar-refractivity contribution in [3.63, 3.8) is 0 Å². The van der Waals surface area contributed by atoms with Gasteiger partial charge in [0.1, 0.15) is 5.82 Å². The van der Waals surface area contributed by atoms with Crippen LogP contribution in [-0.4, -0.2) is 9.55 Å². The normalized spacial score (nSPS) is 12.4. The number of aromatic nitrogens is 2. The maximum absolute atomic E-state index is 4.85. The molecule has 3 aromatic carbocycles. The number of fused-ring (bicyclic) bond motifs is 3. The number of nitrogens with zero attached hydrogens (tertiary/aromatic N) is 3. The average molecular weight is 440 g/mol. The van der Waals surface area contributed by atoms with Crippen LogP contribution >= 0.6 is 15.9 Å². The molecule has 4 aromatic rings. The first-order chi connectivity index (χ1) is 14.2. The van der Waals surface area contributed by atoms with Gasteiger partial charge in [0.25, 0.3) is 0 Å². The zero-order valence-corrected chi connectivity index (χ0v) is 17.3. The van der Waals surface area contributed by atoms with Crippen LogP contribution in [0.3, 0.4) is 0 Å². The molecule has 140 valence electrons. The first-order valence-electron chi connectivity index (χ1n) is 9.34. The van der Waals surface area contributed by atoms with E-state index in [0.29, 0.717) is 0 Å². The number of anilines is 2. The van der Waals surface area contributed by atoms with Gasteiger partial charge in [0.2, 0.25) is 0 Å². The minimum Gasteiger partial charge on any atom is -0.306 e. The first-order valence-corrected chi connectivity index (χ1v) is 10.1. The number of imidazole rings is 1. The van der Waals surface area contributed by atoms with Crippen LogP contribution in [-0.2, 0) is 0 Å². The molecule has 1 aliphatic rings. The lowest BCUT2D eigenvalue weighted by atomic mass is 10.1. The molecule has 0 fully saturated rings. The Bertz CT molecular complexity index is 1340. The quantitative estimate of drug-likeness (QED) is 0.439. The van der Waals surface area contributed by atoms with E-state index in [2.05, 4.69) is 81.0 Å². The van der Waals surface area contributed by atoms with E-state index in [1.54, 1.807) is 0 Å². The van der Waals surface area contributed by atoms with Crippen LogP contribution in [0, 0.1) is 0 Å². The van der Waals surface area contributed by atoms with Gasteiger partial charge in [-0.05, 0) is 36.4 Å². The molecule has 0 amide bonds. The van der Waals surface area contributed by atoms with Crippen molar-refractivity contribution in [1.29, 1.82) is 0 Å². The highest BCUT2D eigenvalue weighted by Gasteiger charge is 2.27. The molecular weight excluding hydrogens is 422 g/mol. The fraction of sp³-hybridized carbons (Fsp3) is 0. The van der Waals surface area contributed by atoms with Crippen molar-refractivity contribution < 1.29 is 0 Å². The van der Waals surface area contributed by atoms with Gasteiger partial charge in [-0.2, -0.15) is 0 Å². The predicted molar refractivity (Wildman–Crippen MR) is 124 cm³/mol. The van der Waals surface area contributed by atoms with E-state index in [4.69, 9.17) is 4.98 Å². The van der Waals surface area contributed by atoms with E-state index < -0.39 is 0 Å². The summed E-state index contributed by atoms with van der Waals surface area (Å²) < 4.78 is 3.20. The van der Waals surface area contributed by atoms with E-state index in [1.807, 2.05) is 42.5 Å². The van der Waals surface area contributed by atoms with Crippen LogP contribution in [0.5, 0.6) is 0 Å². The van der Waals surface area contributed by atoms with Gasteiger partial charge in [-0.15, -0.1) is 0 Å². The summed E-state index contributed by atoms with van der Waals surface area (Å²) in [5, 5.41) is 1.69. The summed E-state index contributed by atoms with van der Waals surface area (Å²) in [4.78, 5) is 7.07. The van der Waals surface area contributed by atoms with E-state index in [-0.39, 0.29) is 0 Å². The second kappa shape index (κ2) is 6.90. The Kier molecular flexibility index (Phi) is 4.22. The van der Waals surface area contributed by atoms with E-state index >= 15 is 0 Å². The van der Waals surface area contributed by atoms with Gasteiger partial charge in [0.05, 0.1) is 27.8 Å². The van der Waals surface area contributed by atoms with Gasteiger partial charge in [0.15, 0.2) is 0 Å². The Hall–Kier alpha value is -3.37. The lowest BCUT2D eigenvalue weighted by Crippen LogP contribution is -2.39. The van der Waals surface area contributed by atoms with Crippen LogP contribution in [0.2, 0.25) is 0 Å². The van der Waals surface area contributed by atoms with Gasteiger partial charge in [-0.1, -0.05) is 77.6 Å². The van der Waals surface area contributed by atoms with Crippen molar-refractivity contribution in [3.05, 3.63) is 107 Å². The minimum atomic E-state index is 0.730. The molecule has 0 aliphatic carbocycles. The molecule has 0 unspecified atom stereocenters. The van der Waals surface area contributed by atoms with E-state index in [9.17, 15) is 0 Å². The van der Waals surface area contributed by atoms with Crippen LogP contribution in [0.1, 0.15) is 0 Å². The fourth-order valence-corrected chi connectivity index (χ4v) is 4.24. The first kappa shape index (κ1) is 17.7. The summed E-state index contributed by atoms with van der Waals surface area (Å²) in [6.45, 7) is 8.38. The third-order valence-electron chi connectivity index (χ3n) is 5.09. The molecule has 0 bridgehead atoms. The van der Waals surface area contributed by atoms with Crippen molar-refractivity contribution in [2.24, 2.45) is 0 Å². The lowest BCUT2D eigenvalue weighted by Gasteiger charge is -2.32. The summed E-state index contributed by atoms with van der Waals surface area (Å²) in [5.41, 5.74) is 5.19. The Morgan fingerprint density at radius 1 is 0.862 bits per heavy atom. The zero-order valence-electron chi connectivity index (χ0n) is 15.7. The molecule has 0 radical (unpaired) electrons. The Morgan fingerprint density at radius 3 is 2.24 bits per heavy atom. The lowest BCUT2D eigenvalue weighted by molar-refractivity contribution is 0.986. The second-order valence-electron chi connectivity index (χ2n) is 6.83. The topological polar surface area (TPSA) is 21.1 Å². The zero-order chi connectivity index (χ0) is 20.0. The van der Waals surface area contributed by atoms with Gasteiger partial charge >= 0.3 is 0 Å². The molecule has 3 nitrogen and oxygen atoms in total. The average Bonchev–Trinajstić information content (AvgIpc) is 3.11. The van der Waals surface area contributed by atoms with Gasteiger partial charge in [-0.25, -0.2) is 4.98 Å². The molecule has 4 heteroatoms. The highest BCUT2D eigenvalue weighted by molar-refractivity contribution is 9.10. The second-order valence-corrected chi connectivity index (χ2v) is 7.74. The van der Waals surface area contributed by atoms with Gasteiger partial charge in [-0.3, -0.25) is 4.57 Å². The third kappa shape index (κ3) is 2.76. The molecule has 1 aliphatic heterocycles. The van der Waals surface area contributed by atoms with Crippen molar-refractivity contribution in [2.75, 3.05) is 4.90 Å². The van der Waals surface area contributed by atoms with Crippen LogP contribution in [0.25, 0.3) is 29.4 Å². The Labute approximate surface area is 177 Å². The van der Waals surface area contributed by atoms with Crippen LogP contribution in [0.4, 0.5) is 11.4 Å². The fourth-order valence-electron chi connectivity index (χ4n) is 3.89. The molecule has 0 saturated carbocycles. The standard InChI is InChI=1S/C25H18BrN3/c1-3-21-24-17(2)27-25(18-10-6-4-7-11-18)29(24)22-15-14-19(26)16-23(22)28(21)20-12-8-5-9-13-20/h3-16H,1-2H2. The van der Waals surface area contributed by atoms with Gasteiger partial charge < -0.3 is 4.90 Å². The Morgan fingerprint density at radius 2 is 1.55 bits per heavy atom. The summed E-state index contributed by atoms with van der Waals surface area (Å²) in [6, 6.07) is 26.8. The Balaban J connectivity index is 1.94. The van der Waals surface area contributed by atoms with E-state index in [0.717, 1.165) is 49.3 Å². The number of para-hydroxylation sites is 1. The van der Waals surface area contributed by atoms with Crippen LogP contribution < -0.4 is 15.6 Å².